The number of hydrogen-bond donors (Lipinski definition) is 0. The van der Waals surface area contributed by atoms with Crippen LogP contribution in [-0.2, 0) is 4.79 Å². The molecule has 3 heteroatoms. The maximum atomic E-state index is 11.3. The van der Waals surface area contributed by atoms with Gasteiger partial charge < -0.3 is 9.80 Å². The van der Waals surface area contributed by atoms with Crippen molar-refractivity contribution < 1.29 is 4.79 Å². The average molecular weight is 184 g/mol. The summed E-state index contributed by atoms with van der Waals surface area (Å²) in [6, 6.07) is 0.421. The first-order chi connectivity index (χ1) is 6.15. The lowest BCUT2D eigenvalue weighted by atomic mass is 10.2. The minimum Gasteiger partial charge on any atom is -0.339 e. The van der Waals surface area contributed by atoms with E-state index in [2.05, 4.69) is 18.9 Å². The lowest BCUT2D eigenvalue weighted by Gasteiger charge is -2.29. The number of hydrogen-bond acceptors (Lipinski definition) is 2. The SMILES string of the molecule is CCC1CN(C)CCCN1C(C)=O. The van der Waals surface area contributed by atoms with Gasteiger partial charge >= 0.3 is 0 Å². The molecule has 1 saturated heterocycles. The van der Waals surface area contributed by atoms with Gasteiger partial charge in [0.1, 0.15) is 0 Å². The molecule has 1 unspecified atom stereocenters. The first-order valence-electron chi connectivity index (χ1n) is 5.11. The molecule has 1 aliphatic heterocycles. The number of nitrogens with zero attached hydrogens (tertiary/aromatic N) is 2. The van der Waals surface area contributed by atoms with Gasteiger partial charge in [-0.15, -0.1) is 0 Å². The van der Waals surface area contributed by atoms with Crippen LogP contribution in [0.15, 0.2) is 0 Å². The fraction of sp³-hybridized carbons (Fsp3) is 0.900. The molecule has 0 aromatic rings. The van der Waals surface area contributed by atoms with Crippen molar-refractivity contribution in [3.8, 4) is 0 Å². The van der Waals surface area contributed by atoms with Crippen molar-refractivity contribution >= 4 is 5.91 Å². The van der Waals surface area contributed by atoms with E-state index in [0.717, 1.165) is 32.5 Å². The predicted molar refractivity (Wildman–Crippen MR) is 53.6 cm³/mol. The van der Waals surface area contributed by atoms with Crippen molar-refractivity contribution in [1.29, 1.82) is 0 Å². The van der Waals surface area contributed by atoms with Crippen molar-refractivity contribution in [1.82, 2.24) is 9.80 Å². The van der Waals surface area contributed by atoms with Crippen LogP contribution in [0, 0.1) is 0 Å². The van der Waals surface area contributed by atoms with E-state index >= 15 is 0 Å². The van der Waals surface area contributed by atoms with Gasteiger partial charge in [-0.3, -0.25) is 4.79 Å². The summed E-state index contributed by atoms with van der Waals surface area (Å²) in [6.07, 6.45) is 2.16. The zero-order valence-corrected chi connectivity index (χ0v) is 8.92. The van der Waals surface area contributed by atoms with E-state index in [1.807, 2.05) is 4.90 Å². The minimum absolute atomic E-state index is 0.224. The monoisotopic (exact) mass is 184 g/mol. The second-order valence-electron chi connectivity index (χ2n) is 3.89. The molecule has 0 spiro atoms. The molecule has 76 valence electrons. The predicted octanol–water partition coefficient (Wildman–Crippen LogP) is 0.949. The Kier molecular flexibility index (Phi) is 3.72. The fourth-order valence-electron chi connectivity index (χ4n) is 2.01. The summed E-state index contributed by atoms with van der Waals surface area (Å²) in [5.74, 6) is 0.224. The highest BCUT2D eigenvalue weighted by atomic mass is 16.2. The molecule has 3 nitrogen and oxygen atoms in total. The molecule has 1 fully saturated rings. The van der Waals surface area contributed by atoms with Gasteiger partial charge in [0.05, 0.1) is 0 Å². The van der Waals surface area contributed by atoms with E-state index in [-0.39, 0.29) is 5.91 Å². The van der Waals surface area contributed by atoms with Crippen LogP contribution in [0.5, 0.6) is 0 Å². The summed E-state index contributed by atoms with van der Waals surface area (Å²) in [4.78, 5) is 15.7. The van der Waals surface area contributed by atoms with Gasteiger partial charge in [0, 0.05) is 26.1 Å². The van der Waals surface area contributed by atoms with Crippen LogP contribution in [0.4, 0.5) is 0 Å². The molecule has 1 rings (SSSR count). The highest BCUT2D eigenvalue weighted by Crippen LogP contribution is 2.11. The van der Waals surface area contributed by atoms with Gasteiger partial charge in [0.25, 0.3) is 0 Å². The van der Waals surface area contributed by atoms with Gasteiger partial charge in [0.2, 0.25) is 5.91 Å². The number of amides is 1. The standard InChI is InChI=1S/C10H20N2O/c1-4-10-8-11(3)6-5-7-12(10)9(2)13/h10H,4-8H2,1-3H3. The van der Waals surface area contributed by atoms with Gasteiger partial charge in [0.15, 0.2) is 0 Å². The molecule has 1 heterocycles. The summed E-state index contributed by atoms with van der Waals surface area (Å²) in [7, 11) is 2.13. The smallest absolute Gasteiger partial charge is 0.219 e. The average Bonchev–Trinajstić information content (AvgIpc) is 2.26. The number of rotatable bonds is 1. The highest BCUT2D eigenvalue weighted by Gasteiger charge is 2.23. The van der Waals surface area contributed by atoms with Gasteiger partial charge in [-0.25, -0.2) is 0 Å². The quantitative estimate of drug-likeness (QED) is 0.606. The first-order valence-corrected chi connectivity index (χ1v) is 5.11. The van der Waals surface area contributed by atoms with Gasteiger partial charge in [-0.05, 0) is 26.4 Å². The second kappa shape index (κ2) is 4.61. The van der Waals surface area contributed by atoms with Crippen LogP contribution in [0.1, 0.15) is 26.7 Å². The maximum absolute atomic E-state index is 11.3. The summed E-state index contributed by atoms with van der Waals surface area (Å²) in [6.45, 7) is 6.89. The lowest BCUT2D eigenvalue weighted by molar-refractivity contribution is -0.131. The zero-order chi connectivity index (χ0) is 9.84. The Hall–Kier alpha value is -0.570. The number of carbonyl (C=O) groups excluding carboxylic acids is 1. The molecule has 0 bridgehead atoms. The third-order valence-electron chi connectivity index (χ3n) is 2.78. The summed E-state index contributed by atoms with van der Waals surface area (Å²) < 4.78 is 0. The van der Waals surface area contributed by atoms with Crippen molar-refractivity contribution in [2.24, 2.45) is 0 Å². The first kappa shape index (κ1) is 10.5. The Labute approximate surface area is 80.7 Å². The third-order valence-corrected chi connectivity index (χ3v) is 2.78. The fourth-order valence-corrected chi connectivity index (χ4v) is 2.01. The zero-order valence-electron chi connectivity index (χ0n) is 8.92. The molecule has 1 atom stereocenters. The molecule has 0 aliphatic carbocycles. The summed E-state index contributed by atoms with van der Waals surface area (Å²) >= 11 is 0. The van der Waals surface area contributed by atoms with E-state index in [1.54, 1.807) is 6.92 Å². The molecule has 1 amide bonds. The summed E-state index contributed by atoms with van der Waals surface area (Å²) in [5.41, 5.74) is 0. The Bertz CT molecular complexity index is 182. The van der Waals surface area contributed by atoms with E-state index in [1.165, 1.54) is 0 Å². The topological polar surface area (TPSA) is 23.6 Å². The van der Waals surface area contributed by atoms with Crippen LogP contribution in [0.3, 0.4) is 0 Å². The lowest BCUT2D eigenvalue weighted by Crippen LogP contribution is -2.42. The Morgan fingerprint density at radius 1 is 1.46 bits per heavy atom. The molecular formula is C10H20N2O. The highest BCUT2D eigenvalue weighted by molar-refractivity contribution is 5.73. The minimum atomic E-state index is 0.224. The van der Waals surface area contributed by atoms with Crippen LogP contribution in [0.25, 0.3) is 0 Å². The Balaban J connectivity index is 2.64. The number of likely N-dealkylation sites (N-methyl/N-ethyl adjacent to an activating group) is 1. The number of carbonyl (C=O) groups is 1. The molecule has 0 aromatic heterocycles. The Morgan fingerprint density at radius 2 is 2.15 bits per heavy atom. The van der Waals surface area contributed by atoms with Gasteiger partial charge in [-0.2, -0.15) is 0 Å². The summed E-state index contributed by atoms with van der Waals surface area (Å²) in [5, 5.41) is 0. The maximum Gasteiger partial charge on any atom is 0.219 e. The third kappa shape index (κ3) is 2.69. The Morgan fingerprint density at radius 3 is 2.69 bits per heavy atom. The second-order valence-corrected chi connectivity index (χ2v) is 3.89. The van der Waals surface area contributed by atoms with Gasteiger partial charge in [-0.1, -0.05) is 6.92 Å². The largest absolute Gasteiger partial charge is 0.339 e. The van der Waals surface area contributed by atoms with Crippen molar-refractivity contribution in [2.75, 3.05) is 26.7 Å². The molecule has 0 saturated carbocycles. The molecule has 1 aliphatic rings. The van der Waals surface area contributed by atoms with Crippen LogP contribution >= 0.6 is 0 Å². The molecule has 0 N–H and O–H groups in total. The van der Waals surface area contributed by atoms with Crippen molar-refractivity contribution in [3.05, 3.63) is 0 Å². The van der Waals surface area contributed by atoms with Crippen molar-refractivity contribution in [3.63, 3.8) is 0 Å². The van der Waals surface area contributed by atoms with Crippen LogP contribution in [-0.4, -0.2) is 48.4 Å². The molecular weight excluding hydrogens is 164 g/mol. The van der Waals surface area contributed by atoms with Crippen molar-refractivity contribution in [2.45, 2.75) is 32.7 Å². The normalized spacial score (nSPS) is 25.8. The molecule has 13 heavy (non-hydrogen) atoms. The van der Waals surface area contributed by atoms with E-state index in [9.17, 15) is 4.79 Å². The van der Waals surface area contributed by atoms with Crippen LogP contribution < -0.4 is 0 Å². The van der Waals surface area contributed by atoms with Crippen LogP contribution in [0.2, 0.25) is 0 Å². The van der Waals surface area contributed by atoms with E-state index < -0.39 is 0 Å². The molecule has 0 radical (unpaired) electrons. The van der Waals surface area contributed by atoms with E-state index in [0.29, 0.717) is 6.04 Å². The molecule has 0 aromatic carbocycles. The van der Waals surface area contributed by atoms with E-state index in [4.69, 9.17) is 0 Å².